The van der Waals surface area contributed by atoms with Gasteiger partial charge in [0.15, 0.2) is 0 Å². The van der Waals surface area contributed by atoms with Crippen molar-refractivity contribution >= 4 is 29.0 Å². The van der Waals surface area contributed by atoms with Crippen LogP contribution in [-0.4, -0.2) is 16.9 Å². The zero-order chi connectivity index (χ0) is 18.4. The van der Waals surface area contributed by atoms with E-state index in [1.807, 2.05) is 25.1 Å². The molecule has 0 bridgehead atoms. The van der Waals surface area contributed by atoms with Crippen molar-refractivity contribution in [3.8, 4) is 0 Å². The van der Waals surface area contributed by atoms with Crippen molar-refractivity contribution in [1.82, 2.24) is 4.98 Å². The van der Waals surface area contributed by atoms with E-state index in [2.05, 4.69) is 20.9 Å². The molecule has 6 nitrogen and oxygen atoms in total. The van der Waals surface area contributed by atoms with Gasteiger partial charge in [0.05, 0.1) is 5.56 Å². The van der Waals surface area contributed by atoms with E-state index in [1.54, 1.807) is 48.5 Å². The third-order valence-corrected chi connectivity index (χ3v) is 3.58. The summed E-state index contributed by atoms with van der Waals surface area (Å²) in [7, 11) is 0. The molecule has 1 heterocycles. The highest BCUT2D eigenvalue weighted by Gasteiger charge is 2.08. The van der Waals surface area contributed by atoms with E-state index in [1.165, 1.54) is 6.20 Å². The molecular weight excluding hydrogens is 328 g/mol. The van der Waals surface area contributed by atoms with Crippen LogP contribution >= 0.6 is 0 Å². The highest BCUT2D eigenvalue weighted by atomic mass is 16.2. The molecule has 0 spiro atoms. The standard InChI is InChI=1S/C20H18N4O2/c1-14-10-11-15(13-21-14)19(25)22-17-8-5-9-18(12-17)24-20(26)23-16-6-3-2-4-7-16/h2-13H,1H3,(H,22,25)(H2,23,24,26). The predicted octanol–water partition coefficient (Wildman–Crippen LogP) is 4.29. The SMILES string of the molecule is Cc1ccc(C(=O)Nc2cccc(NC(=O)Nc3ccccc3)c2)cn1. The molecule has 0 fully saturated rings. The molecule has 0 radical (unpaired) electrons. The Labute approximate surface area is 151 Å². The molecule has 0 aliphatic heterocycles. The van der Waals surface area contributed by atoms with E-state index in [9.17, 15) is 9.59 Å². The fraction of sp³-hybridized carbons (Fsp3) is 0.0500. The van der Waals surface area contributed by atoms with E-state index in [-0.39, 0.29) is 11.9 Å². The van der Waals surface area contributed by atoms with E-state index in [0.29, 0.717) is 22.6 Å². The first-order valence-electron chi connectivity index (χ1n) is 8.07. The average molecular weight is 346 g/mol. The van der Waals surface area contributed by atoms with Gasteiger partial charge in [0.2, 0.25) is 0 Å². The summed E-state index contributed by atoms with van der Waals surface area (Å²) in [6.45, 7) is 1.86. The number of hydrogen-bond donors (Lipinski definition) is 3. The molecule has 6 heteroatoms. The number of nitrogens with zero attached hydrogens (tertiary/aromatic N) is 1. The molecule has 0 saturated carbocycles. The zero-order valence-electron chi connectivity index (χ0n) is 14.2. The van der Waals surface area contributed by atoms with Crippen LogP contribution in [0.2, 0.25) is 0 Å². The van der Waals surface area contributed by atoms with Gasteiger partial charge in [0.1, 0.15) is 0 Å². The third kappa shape index (κ3) is 4.67. The van der Waals surface area contributed by atoms with Crippen molar-refractivity contribution in [1.29, 1.82) is 0 Å². The van der Waals surface area contributed by atoms with E-state index in [0.717, 1.165) is 5.69 Å². The summed E-state index contributed by atoms with van der Waals surface area (Å²) in [4.78, 5) is 28.4. The number of carbonyl (C=O) groups is 2. The molecule has 0 unspecified atom stereocenters. The molecule has 3 rings (SSSR count). The number of carbonyl (C=O) groups excluding carboxylic acids is 2. The van der Waals surface area contributed by atoms with Crippen LogP contribution in [0.15, 0.2) is 72.9 Å². The molecule has 3 aromatic rings. The Kier molecular flexibility index (Phi) is 5.24. The van der Waals surface area contributed by atoms with Crippen molar-refractivity contribution in [2.45, 2.75) is 6.92 Å². The third-order valence-electron chi connectivity index (χ3n) is 3.58. The van der Waals surface area contributed by atoms with Gasteiger partial charge in [0.25, 0.3) is 5.91 Å². The lowest BCUT2D eigenvalue weighted by Gasteiger charge is -2.10. The largest absolute Gasteiger partial charge is 0.323 e. The van der Waals surface area contributed by atoms with Gasteiger partial charge in [-0.15, -0.1) is 0 Å². The molecule has 0 aliphatic carbocycles. The monoisotopic (exact) mass is 346 g/mol. The zero-order valence-corrected chi connectivity index (χ0v) is 14.2. The number of anilines is 3. The topological polar surface area (TPSA) is 83.1 Å². The molecule has 0 atom stereocenters. The number of urea groups is 1. The molecular formula is C20H18N4O2. The summed E-state index contributed by atoms with van der Waals surface area (Å²) in [5.41, 5.74) is 3.15. The summed E-state index contributed by atoms with van der Waals surface area (Å²) in [5.74, 6) is -0.261. The van der Waals surface area contributed by atoms with Gasteiger partial charge in [0, 0.05) is 29.0 Å². The van der Waals surface area contributed by atoms with Crippen LogP contribution in [0.1, 0.15) is 16.1 Å². The van der Waals surface area contributed by atoms with Gasteiger partial charge in [-0.05, 0) is 49.4 Å². The van der Waals surface area contributed by atoms with Crippen LogP contribution in [0.3, 0.4) is 0 Å². The van der Waals surface area contributed by atoms with Gasteiger partial charge >= 0.3 is 6.03 Å². The van der Waals surface area contributed by atoms with Crippen molar-refractivity contribution < 1.29 is 9.59 Å². The summed E-state index contributed by atoms with van der Waals surface area (Å²) in [6.07, 6.45) is 1.53. The Balaban J connectivity index is 1.63. The number of aryl methyl sites for hydroxylation is 1. The van der Waals surface area contributed by atoms with E-state index in [4.69, 9.17) is 0 Å². The van der Waals surface area contributed by atoms with Crippen LogP contribution in [0.4, 0.5) is 21.9 Å². The lowest BCUT2D eigenvalue weighted by Crippen LogP contribution is -2.19. The first-order valence-corrected chi connectivity index (χ1v) is 8.07. The van der Waals surface area contributed by atoms with Gasteiger partial charge in [-0.3, -0.25) is 9.78 Å². The van der Waals surface area contributed by atoms with E-state index >= 15 is 0 Å². The van der Waals surface area contributed by atoms with Crippen molar-refractivity contribution in [3.63, 3.8) is 0 Å². The predicted molar refractivity (Wildman–Crippen MR) is 102 cm³/mol. The van der Waals surface area contributed by atoms with Crippen molar-refractivity contribution in [3.05, 3.63) is 84.2 Å². The normalized spacial score (nSPS) is 10.0. The molecule has 130 valence electrons. The molecule has 0 aliphatic rings. The smallest absolute Gasteiger partial charge is 0.322 e. The minimum absolute atomic E-state index is 0.261. The van der Waals surface area contributed by atoms with Gasteiger partial charge in [-0.25, -0.2) is 4.79 Å². The number of benzene rings is 2. The maximum Gasteiger partial charge on any atom is 0.323 e. The molecule has 0 saturated heterocycles. The molecule has 3 amide bonds. The Morgan fingerprint density at radius 3 is 2.12 bits per heavy atom. The lowest BCUT2D eigenvalue weighted by atomic mass is 10.2. The summed E-state index contributed by atoms with van der Waals surface area (Å²) in [5, 5.41) is 8.26. The number of aromatic nitrogens is 1. The summed E-state index contributed by atoms with van der Waals surface area (Å²) < 4.78 is 0. The van der Waals surface area contributed by atoms with Crippen LogP contribution in [-0.2, 0) is 0 Å². The maximum absolute atomic E-state index is 12.2. The summed E-state index contributed by atoms with van der Waals surface area (Å²) >= 11 is 0. The Morgan fingerprint density at radius 2 is 1.42 bits per heavy atom. The Morgan fingerprint density at radius 1 is 0.769 bits per heavy atom. The highest BCUT2D eigenvalue weighted by molar-refractivity contribution is 6.05. The second-order valence-corrected chi connectivity index (χ2v) is 5.67. The number of pyridine rings is 1. The fourth-order valence-corrected chi connectivity index (χ4v) is 2.30. The average Bonchev–Trinajstić information content (AvgIpc) is 2.63. The quantitative estimate of drug-likeness (QED) is 0.659. The van der Waals surface area contributed by atoms with Crippen LogP contribution < -0.4 is 16.0 Å². The number of hydrogen-bond acceptors (Lipinski definition) is 3. The van der Waals surface area contributed by atoms with Crippen LogP contribution in [0, 0.1) is 6.92 Å². The number of rotatable bonds is 4. The first-order chi connectivity index (χ1) is 12.6. The molecule has 2 aromatic carbocycles. The first kappa shape index (κ1) is 17.2. The highest BCUT2D eigenvalue weighted by Crippen LogP contribution is 2.17. The summed E-state index contributed by atoms with van der Waals surface area (Å²) in [6, 6.07) is 19.2. The van der Waals surface area contributed by atoms with Crippen LogP contribution in [0.25, 0.3) is 0 Å². The number of amides is 3. The van der Waals surface area contributed by atoms with Gasteiger partial charge in [-0.1, -0.05) is 24.3 Å². The molecule has 26 heavy (non-hydrogen) atoms. The van der Waals surface area contributed by atoms with Crippen molar-refractivity contribution in [2.24, 2.45) is 0 Å². The Bertz CT molecular complexity index is 909. The van der Waals surface area contributed by atoms with E-state index < -0.39 is 0 Å². The van der Waals surface area contributed by atoms with Crippen LogP contribution in [0.5, 0.6) is 0 Å². The Hall–Kier alpha value is -3.67. The second kappa shape index (κ2) is 7.94. The maximum atomic E-state index is 12.2. The molecule has 3 N–H and O–H groups in total. The fourth-order valence-electron chi connectivity index (χ4n) is 2.30. The van der Waals surface area contributed by atoms with Gasteiger partial charge < -0.3 is 16.0 Å². The number of nitrogens with one attached hydrogen (secondary N) is 3. The van der Waals surface area contributed by atoms with Crippen molar-refractivity contribution in [2.75, 3.05) is 16.0 Å². The van der Waals surface area contributed by atoms with Gasteiger partial charge in [-0.2, -0.15) is 0 Å². The minimum atomic E-state index is -0.359. The minimum Gasteiger partial charge on any atom is -0.322 e. The lowest BCUT2D eigenvalue weighted by molar-refractivity contribution is 0.102. The second-order valence-electron chi connectivity index (χ2n) is 5.67. The molecule has 1 aromatic heterocycles. The number of para-hydroxylation sites is 1.